The molecule has 0 N–H and O–H groups in total. The van der Waals surface area contributed by atoms with E-state index in [1.54, 1.807) is 4.57 Å². The minimum atomic E-state index is -0.293. The molecule has 0 fully saturated rings. The van der Waals surface area contributed by atoms with Gasteiger partial charge in [-0.1, -0.05) is 12.1 Å². The molecule has 3 rings (SSSR count). The third kappa shape index (κ3) is 3.37. The Morgan fingerprint density at radius 3 is 2.65 bits per heavy atom. The van der Waals surface area contributed by atoms with E-state index in [-0.39, 0.29) is 5.76 Å². The molecule has 0 aliphatic rings. The highest BCUT2D eigenvalue weighted by Crippen LogP contribution is 2.11. The van der Waals surface area contributed by atoms with Crippen LogP contribution in [0.25, 0.3) is 11.1 Å². The molecule has 0 aliphatic carbocycles. The molecule has 23 heavy (non-hydrogen) atoms. The second-order valence-corrected chi connectivity index (χ2v) is 5.94. The first-order valence-corrected chi connectivity index (χ1v) is 7.82. The van der Waals surface area contributed by atoms with Gasteiger partial charge in [-0.2, -0.15) is 5.10 Å². The van der Waals surface area contributed by atoms with Crippen LogP contribution in [0.1, 0.15) is 11.4 Å². The highest BCUT2D eigenvalue weighted by atomic mass is 16.4. The molecule has 3 aromatic rings. The summed E-state index contributed by atoms with van der Waals surface area (Å²) in [5.74, 6) is -0.293. The highest BCUT2D eigenvalue weighted by molar-refractivity contribution is 5.72. The summed E-state index contributed by atoms with van der Waals surface area (Å²) in [7, 11) is 2.05. The van der Waals surface area contributed by atoms with Gasteiger partial charge < -0.3 is 9.32 Å². The molecule has 2 aromatic heterocycles. The summed E-state index contributed by atoms with van der Waals surface area (Å²) in [6, 6.07) is 9.60. The standard InChI is InChI=1S/C17H22N4O2/c1-13-12-14(2)21(18-13)11-9-19(3)8-10-20-15-6-4-5-7-16(15)23-17(20)22/h4-7,12H,8-11H2,1-3H3. The fourth-order valence-electron chi connectivity index (χ4n) is 2.77. The van der Waals surface area contributed by atoms with Crippen LogP contribution in [0, 0.1) is 13.8 Å². The second kappa shape index (κ2) is 6.42. The summed E-state index contributed by atoms with van der Waals surface area (Å²) in [5.41, 5.74) is 3.71. The SMILES string of the molecule is Cc1cc(C)n(CCN(C)CCn2c(=O)oc3ccccc32)n1. The Kier molecular flexibility index (Phi) is 4.34. The number of likely N-dealkylation sites (N-methyl/N-ethyl adjacent to an activating group) is 1. The van der Waals surface area contributed by atoms with Crippen molar-refractivity contribution in [3.8, 4) is 0 Å². The number of oxazole rings is 1. The van der Waals surface area contributed by atoms with E-state index in [0.29, 0.717) is 12.1 Å². The summed E-state index contributed by atoms with van der Waals surface area (Å²) >= 11 is 0. The van der Waals surface area contributed by atoms with Gasteiger partial charge in [0.2, 0.25) is 0 Å². The third-order valence-corrected chi connectivity index (χ3v) is 4.08. The van der Waals surface area contributed by atoms with E-state index in [4.69, 9.17) is 4.42 Å². The van der Waals surface area contributed by atoms with Gasteiger partial charge in [0.15, 0.2) is 5.58 Å². The van der Waals surface area contributed by atoms with Crippen molar-refractivity contribution in [1.29, 1.82) is 0 Å². The van der Waals surface area contributed by atoms with Gasteiger partial charge in [0.05, 0.1) is 17.8 Å². The predicted octanol–water partition coefficient (Wildman–Crippen LogP) is 2.04. The van der Waals surface area contributed by atoms with E-state index in [1.165, 1.54) is 5.69 Å². The Bertz CT molecular complexity index is 859. The summed E-state index contributed by atoms with van der Waals surface area (Å²) < 4.78 is 8.96. The van der Waals surface area contributed by atoms with Crippen LogP contribution in [-0.2, 0) is 13.1 Å². The molecule has 0 saturated carbocycles. The number of aromatic nitrogens is 3. The van der Waals surface area contributed by atoms with E-state index in [9.17, 15) is 4.79 Å². The number of para-hydroxylation sites is 2. The van der Waals surface area contributed by atoms with Gasteiger partial charge in [0.25, 0.3) is 0 Å². The van der Waals surface area contributed by atoms with Crippen LogP contribution in [0.5, 0.6) is 0 Å². The average molecular weight is 314 g/mol. The number of fused-ring (bicyclic) bond motifs is 1. The zero-order valence-electron chi connectivity index (χ0n) is 13.8. The molecule has 2 heterocycles. The Labute approximate surface area is 134 Å². The quantitative estimate of drug-likeness (QED) is 0.699. The molecule has 1 aromatic carbocycles. The smallest absolute Gasteiger partial charge is 0.408 e. The van der Waals surface area contributed by atoms with Crippen molar-refractivity contribution in [2.24, 2.45) is 0 Å². The lowest BCUT2D eigenvalue weighted by Gasteiger charge is -2.17. The molecule has 0 aliphatic heterocycles. The molecular formula is C17H22N4O2. The first-order chi connectivity index (χ1) is 11.0. The Hall–Kier alpha value is -2.34. The summed E-state index contributed by atoms with van der Waals surface area (Å²) in [6.45, 7) is 7.19. The van der Waals surface area contributed by atoms with Crippen LogP contribution >= 0.6 is 0 Å². The first kappa shape index (κ1) is 15.6. The highest BCUT2D eigenvalue weighted by Gasteiger charge is 2.09. The van der Waals surface area contributed by atoms with Crippen LogP contribution in [0.4, 0.5) is 0 Å². The first-order valence-electron chi connectivity index (χ1n) is 7.82. The number of aryl methyl sites for hydroxylation is 2. The zero-order valence-corrected chi connectivity index (χ0v) is 13.8. The van der Waals surface area contributed by atoms with Gasteiger partial charge in [-0.05, 0) is 39.1 Å². The Balaban J connectivity index is 1.60. The van der Waals surface area contributed by atoms with Crippen molar-refractivity contribution >= 4 is 11.1 Å². The van der Waals surface area contributed by atoms with Gasteiger partial charge in [-0.15, -0.1) is 0 Å². The van der Waals surface area contributed by atoms with E-state index in [0.717, 1.165) is 30.8 Å². The molecule has 0 amide bonds. The Morgan fingerprint density at radius 1 is 1.17 bits per heavy atom. The molecule has 6 heteroatoms. The number of benzene rings is 1. The molecule has 0 bridgehead atoms. The van der Waals surface area contributed by atoms with E-state index < -0.39 is 0 Å². The molecule has 122 valence electrons. The fraction of sp³-hybridized carbons (Fsp3) is 0.412. The monoisotopic (exact) mass is 314 g/mol. The van der Waals surface area contributed by atoms with Crippen molar-refractivity contribution in [1.82, 2.24) is 19.2 Å². The maximum absolute atomic E-state index is 11.9. The molecule has 0 unspecified atom stereocenters. The fourth-order valence-corrected chi connectivity index (χ4v) is 2.77. The largest absolute Gasteiger partial charge is 0.419 e. The van der Waals surface area contributed by atoms with Gasteiger partial charge in [-0.25, -0.2) is 4.79 Å². The van der Waals surface area contributed by atoms with Gasteiger partial charge in [0.1, 0.15) is 0 Å². The van der Waals surface area contributed by atoms with Gasteiger partial charge in [0, 0.05) is 25.3 Å². The number of rotatable bonds is 6. The van der Waals surface area contributed by atoms with Crippen molar-refractivity contribution in [2.45, 2.75) is 26.9 Å². The predicted molar refractivity (Wildman–Crippen MR) is 89.7 cm³/mol. The molecule has 6 nitrogen and oxygen atoms in total. The molecule has 0 atom stereocenters. The minimum Gasteiger partial charge on any atom is -0.408 e. The number of hydrogen-bond donors (Lipinski definition) is 0. The Morgan fingerprint density at radius 2 is 1.91 bits per heavy atom. The average Bonchev–Trinajstić information content (AvgIpc) is 3.01. The van der Waals surface area contributed by atoms with E-state index in [2.05, 4.69) is 30.0 Å². The van der Waals surface area contributed by atoms with Crippen molar-refractivity contribution in [3.63, 3.8) is 0 Å². The lowest BCUT2D eigenvalue weighted by Crippen LogP contribution is -2.29. The van der Waals surface area contributed by atoms with Crippen LogP contribution in [-0.4, -0.2) is 39.4 Å². The minimum absolute atomic E-state index is 0.293. The summed E-state index contributed by atoms with van der Waals surface area (Å²) in [5, 5.41) is 4.47. The third-order valence-electron chi connectivity index (χ3n) is 4.08. The van der Waals surface area contributed by atoms with E-state index in [1.807, 2.05) is 35.9 Å². The maximum atomic E-state index is 11.9. The van der Waals surface area contributed by atoms with Crippen LogP contribution in [0.3, 0.4) is 0 Å². The van der Waals surface area contributed by atoms with Gasteiger partial charge in [-0.3, -0.25) is 9.25 Å². The lowest BCUT2D eigenvalue weighted by atomic mass is 10.3. The molecular weight excluding hydrogens is 292 g/mol. The van der Waals surface area contributed by atoms with Gasteiger partial charge >= 0.3 is 5.76 Å². The second-order valence-electron chi connectivity index (χ2n) is 5.94. The van der Waals surface area contributed by atoms with Crippen molar-refractivity contribution in [2.75, 3.05) is 20.1 Å². The molecule has 0 saturated heterocycles. The lowest BCUT2D eigenvalue weighted by molar-refractivity contribution is 0.295. The topological polar surface area (TPSA) is 56.2 Å². The van der Waals surface area contributed by atoms with Crippen LogP contribution in [0.15, 0.2) is 39.5 Å². The van der Waals surface area contributed by atoms with Crippen molar-refractivity contribution < 1.29 is 4.42 Å². The zero-order chi connectivity index (χ0) is 16.4. The summed E-state index contributed by atoms with van der Waals surface area (Å²) in [6.07, 6.45) is 0. The number of nitrogens with zero attached hydrogens (tertiary/aromatic N) is 4. The van der Waals surface area contributed by atoms with E-state index >= 15 is 0 Å². The number of hydrogen-bond acceptors (Lipinski definition) is 4. The molecule has 0 spiro atoms. The van der Waals surface area contributed by atoms with Crippen LogP contribution in [0.2, 0.25) is 0 Å². The molecule has 0 radical (unpaired) electrons. The maximum Gasteiger partial charge on any atom is 0.419 e. The van der Waals surface area contributed by atoms with Crippen molar-refractivity contribution in [3.05, 3.63) is 52.3 Å². The van der Waals surface area contributed by atoms with Crippen LogP contribution < -0.4 is 5.76 Å². The normalized spacial score (nSPS) is 11.7. The summed E-state index contributed by atoms with van der Waals surface area (Å²) in [4.78, 5) is 14.1.